The van der Waals surface area contributed by atoms with Gasteiger partial charge in [0.25, 0.3) is 0 Å². The number of carbonyl (C=O) groups is 1. The van der Waals surface area contributed by atoms with Gasteiger partial charge in [0.05, 0.1) is 11.4 Å². The van der Waals surface area contributed by atoms with Crippen molar-refractivity contribution in [3.63, 3.8) is 0 Å². The number of nitrogens with zero attached hydrogens (tertiary/aromatic N) is 1. The number of alkyl halides is 9. The average molecular weight is 491 g/mol. The Balaban J connectivity index is 2.55. The Morgan fingerprint density at radius 3 is 1.64 bits per heavy atom. The molecule has 2 aromatic rings. The Hall–Kier alpha value is -3.85. The average Bonchev–Trinajstić information content (AvgIpc) is 2.62. The maximum Gasteiger partial charge on any atom is 0.573 e. The van der Waals surface area contributed by atoms with E-state index in [0.717, 1.165) is 6.41 Å². The second kappa shape index (κ2) is 9.33. The first kappa shape index (κ1) is 25.4. The maximum atomic E-state index is 12.7. The second-order valence-electron chi connectivity index (χ2n) is 5.64. The third-order valence-corrected chi connectivity index (χ3v) is 3.25. The van der Waals surface area contributed by atoms with Gasteiger partial charge in [0.1, 0.15) is 0 Å². The number of benzene rings is 2. The molecule has 0 saturated heterocycles. The summed E-state index contributed by atoms with van der Waals surface area (Å²) < 4.78 is 124. The summed E-state index contributed by atoms with van der Waals surface area (Å²) in [6.07, 6.45) is -16.0. The summed E-state index contributed by atoms with van der Waals surface area (Å²) >= 11 is 0. The number of rotatable bonds is 6. The molecule has 0 aliphatic carbocycles. The molecule has 3 amide bonds. The summed E-state index contributed by atoms with van der Waals surface area (Å²) in [6.45, 7) is 0. The molecule has 0 aliphatic heterocycles. The molecule has 16 heteroatoms. The molecule has 0 heterocycles. The quantitative estimate of drug-likeness (QED) is 0.428. The van der Waals surface area contributed by atoms with Crippen molar-refractivity contribution in [2.24, 2.45) is 0 Å². The molecule has 0 unspecified atom stereocenters. The van der Waals surface area contributed by atoms with Gasteiger partial charge in [-0.3, -0.25) is 4.79 Å². The third kappa shape index (κ3) is 7.97. The first-order valence-corrected chi connectivity index (χ1v) is 8.07. The zero-order valence-electron chi connectivity index (χ0n) is 15.4. The summed E-state index contributed by atoms with van der Waals surface area (Å²) in [5, 5.41) is 1.73. The number of urea groups is 1. The Morgan fingerprint density at radius 2 is 1.24 bits per heavy atom. The fraction of sp³-hybridized carbons (Fsp3) is 0.176. The van der Waals surface area contributed by atoms with Crippen LogP contribution in [-0.4, -0.2) is 31.5 Å². The molecule has 0 saturated carbocycles. The van der Waals surface area contributed by atoms with Crippen LogP contribution in [0.1, 0.15) is 0 Å². The molecule has 2 aromatic carbocycles. The molecule has 0 spiro atoms. The lowest BCUT2D eigenvalue weighted by Gasteiger charge is -2.21. The molecule has 0 fully saturated rings. The van der Waals surface area contributed by atoms with Gasteiger partial charge in [0.2, 0.25) is 5.75 Å². The van der Waals surface area contributed by atoms with Gasteiger partial charge < -0.3 is 19.5 Å². The standard InChI is InChI=1S/C17H8F9N2O5/c18-15(19,20)31-11-6-9(27-14(30)28(8-29)10-4-2-1-3-5-10)7-12(32-16(21,22)23)13(11)33-17(24,25)26/h1-7H,(H,27,30). The highest BCUT2D eigenvalue weighted by Gasteiger charge is 2.41. The molecule has 1 radical (unpaired) electrons. The minimum atomic E-state index is -5.76. The van der Waals surface area contributed by atoms with Crippen molar-refractivity contribution in [2.75, 3.05) is 10.2 Å². The number of amides is 3. The van der Waals surface area contributed by atoms with Crippen LogP contribution in [0.25, 0.3) is 0 Å². The van der Waals surface area contributed by atoms with E-state index in [9.17, 15) is 49.1 Å². The van der Waals surface area contributed by atoms with Gasteiger partial charge in [0, 0.05) is 12.1 Å². The van der Waals surface area contributed by atoms with Crippen LogP contribution in [-0.2, 0) is 4.79 Å². The molecule has 0 bridgehead atoms. The summed E-state index contributed by atoms with van der Waals surface area (Å²) in [7, 11) is 0. The van der Waals surface area contributed by atoms with Crippen LogP contribution in [0.4, 0.5) is 55.7 Å². The Bertz CT molecular complexity index is 954. The lowest BCUT2D eigenvalue weighted by atomic mass is 10.2. The van der Waals surface area contributed by atoms with Crippen molar-refractivity contribution in [2.45, 2.75) is 19.1 Å². The number of hydrogen-bond donors (Lipinski definition) is 1. The number of anilines is 2. The predicted octanol–water partition coefficient (Wildman–Crippen LogP) is 5.49. The SMILES string of the molecule is O=[C]N(C(=O)Nc1cc(OC(F)(F)F)c(OC(F)(F)F)c(OC(F)(F)F)c1)c1ccccc1. The summed E-state index contributed by atoms with van der Waals surface area (Å²) in [5.41, 5.74) is -1.09. The minimum absolute atomic E-state index is 0.0731. The number of hydrogen-bond acceptors (Lipinski definition) is 5. The van der Waals surface area contributed by atoms with E-state index < -0.39 is 48.1 Å². The van der Waals surface area contributed by atoms with Gasteiger partial charge in [-0.2, -0.15) is 0 Å². The lowest BCUT2D eigenvalue weighted by molar-refractivity contribution is -0.293. The Labute approximate surface area is 177 Å². The molecule has 0 aromatic heterocycles. The van der Waals surface area contributed by atoms with Gasteiger partial charge in [-0.25, -0.2) is 9.69 Å². The van der Waals surface area contributed by atoms with Crippen molar-refractivity contribution in [1.82, 2.24) is 0 Å². The molecule has 1 N–H and O–H groups in total. The normalized spacial score (nSPS) is 12.0. The smallest absolute Gasteiger partial charge is 0.402 e. The molecular weight excluding hydrogens is 483 g/mol. The summed E-state index contributed by atoms with van der Waals surface area (Å²) in [4.78, 5) is 23.6. The first-order chi connectivity index (χ1) is 15.1. The molecule has 7 nitrogen and oxygen atoms in total. The fourth-order valence-electron chi connectivity index (χ4n) is 2.23. The van der Waals surface area contributed by atoms with Crippen LogP contribution in [0.15, 0.2) is 42.5 Å². The second-order valence-corrected chi connectivity index (χ2v) is 5.64. The fourth-order valence-corrected chi connectivity index (χ4v) is 2.23. The van der Waals surface area contributed by atoms with Crippen molar-refractivity contribution in [1.29, 1.82) is 0 Å². The molecule has 179 valence electrons. The number of ether oxygens (including phenoxy) is 3. The number of imide groups is 1. The van der Waals surface area contributed by atoms with E-state index in [1.807, 2.05) is 0 Å². The van der Waals surface area contributed by atoms with Gasteiger partial charge in [-0.05, 0) is 12.1 Å². The summed E-state index contributed by atoms with van der Waals surface area (Å²) in [5.74, 6) is -5.99. The van der Waals surface area contributed by atoms with Crippen molar-refractivity contribution >= 4 is 23.8 Å². The minimum Gasteiger partial charge on any atom is -0.402 e. The number of nitrogens with one attached hydrogen (secondary N) is 1. The molecule has 33 heavy (non-hydrogen) atoms. The molecule has 0 atom stereocenters. The highest BCUT2D eigenvalue weighted by Crippen LogP contribution is 2.46. The van der Waals surface area contributed by atoms with Crippen LogP contribution in [0.2, 0.25) is 0 Å². The van der Waals surface area contributed by atoms with Crippen molar-refractivity contribution in [3.05, 3.63) is 42.5 Å². The third-order valence-electron chi connectivity index (χ3n) is 3.25. The molecular formula is C17H8F9N2O5. The predicted molar refractivity (Wildman–Crippen MR) is 90.1 cm³/mol. The highest BCUT2D eigenvalue weighted by molar-refractivity contribution is 6.12. The van der Waals surface area contributed by atoms with E-state index in [-0.39, 0.29) is 22.7 Å². The molecule has 0 aliphatic rings. The molecule has 2 rings (SSSR count). The van der Waals surface area contributed by atoms with Crippen LogP contribution in [0, 0.1) is 0 Å². The Morgan fingerprint density at radius 1 is 0.788 bits per heavy atom. The maximum absolute atomic E-state index is 12.7. The van der Waals surface area contributed by atoms with Crippen LogP contribution < -0.4 is 24.4 Å². The highest BCUT2D eigenvalue weighted by atomic mass is 19.4. The van der Waals surface area contributed by atoms with E-state index in [1.165, 1.54) is 30.3 Å². The van der Waals surface area contributed by atoms with Gasteiger partial charge in [-0.15, -0.1) is 39.5 Å². The first-order valence-electron chi connectivity index (χ1n) is 8.07. The van der Waals surface area contributed by atoms with E-state index >= 15 is 0 Å². The zero-order valence-corrected chi connectivity index (χ0v) is 15.4. The summed E-state index contributed by atoms with van der Waals surface area (Å²) in [6, 6.07) is 5.39. The van der Waals surface area contributed by atoms with Crippen LogP contribution in [0.3, 0.4) is 0 Å². The lowest BCUT2D eigenvalue weighted by Crippen LogP contribution is -2.33. The zero-order chi connectivity index (χ0) is 25.0. The van der Waals surface area contributed by atoms with Crippen LogP contribution >= 0.6 is 0 Å². The van der Waals surface area contributed by atoms with E-state index in [2.05, 4.69) is 14.2 Å². The van der Waals surface area contributed by atoms with Gasteiger partial charge in [-0.1, -0.05) is 18.2 Å². The number of para-hydroxylation sites is 1. The number of halogens is 9. The number of carbonyl (C=O) groups excluding carboxylic acids is 2. The largest absolute Gasteiger partial charge is 0.573 e. The Kier molecular flexibility index (Phi) is 7.19. The van der Waals surface area contributed by atoms with Gasteiger partial charge >= 0.3 is 31.5 Å². The van der Waals surface area contributed by atoms with Gasteiger partial charge in [0.15, 0.2) is 11.5 Å². The van der Waals surface area contributed by atoms with E-state index in [0.29, 0.717) is 0 Å². The van der Waals surface area contributed by atoms with E-state index in [1.54, 1.807) is 5.32 Å². The van der Waals surface area contributed by atoms with E-state index in [4.69, 9.17) is 0 Å². The van der Waals surface area contributed by atoms with Crippen molar-refractivity contribution in [3.8, 4) is 17.2 Å². The topological polar surface area (TPSA) is 77.1 Å². The van der Waals surface area contributed by atoms with Crippen molar-refractivity contribution < 1.29 is 63.3 Å². The van der Waals surface area contributed by atoms with Crippen LogP contribution in [0.5, 0.6) is 17.2 Å². The monoisotopic (exact) mass is 491 g/mol.